The van der Waals surface area contributed by atoms with Gasteiger partial charge in [-0.1, -0.05) is 6.07 Å². The number of hydrogen-bond donors (Lipinski definition) is 1. The second-order valence-electron chi connectivity index (χ2n) is 5.12. The van der Waals surface area contributed by atoms with Crippen molar-refractivity contribution in [1.29, 1.82) is 0 Å². The molecule has 0 saturated heterocycles. The standard InChI is InChI=1S/C13H16F3NO/c1-9-5-11(8-17-7-9)12(18)4-2-3-10(6-12)13(14,15)16/h5,7-8,10,18H,2-4,6H2,1H3. The summed E-state index contributed by atoms with van der Waals surface area (Å²) < 4.78 is 38.3. The van der Waals surface area contributed by atoms with Crippen LogP contribution in [0.25, 0.3) is 0 Å². The zero-order chi connectivity index (χ0) is 13.4. The highest BCUT2D eigenvalue weighted by atomic mass is 19.4. The van der Waals surface area contributed by atoms with E-state index < -0.39 is 17.7 Å². The molecule has 100 valence electrons. The van der Waals surface area contributed by atoms with E-state index in [0.29, 0.717) is 18.4 Å². The van der Waals surface area contributed by atoms with Crippen LogP contribution in [0.1, 0.15) is 36.8 Å². The average Bonchev–Trinajstić information content (AvgIpc) is 2.28. The number of alkyl halides is 3. The molecule has 0 bridgehead atoms. The van der Waals surface area contributed by atoms with Crippen LogP contribution in [-0.4, -0.2) is 16.3 Å². The topological polar surface area (TPSA) is 33.1 Å². The number of halogens is 3. The summed E-state index contributed by atoms with van der Waals surface area (Å²) in [7, 11) is 0. The molecule has 1 aromatic heterocycles. The van der Waals surface area contributed by atoms with Gasteiger partial charge in [0, 0.05) is 18.0 Å². The van der Waals surface area contributed by atoms with E-state index in [9.17, 15) is 18.3 Å². The molecule has 1 N–H and O–H groups in total. The minimum atomic E-state index is -4.23. The third kappa shape index (κ3) is 2.66. The average molecular weight is 259 g/mol. The number of aromatic nitrogens is 1. The molecule has 2 unspecified atom stereocenters. The normalized spacial score (nSPS) is 29.3. The van der Waals surface area contributed by atoms with Crippen LogP contribution in [0, 0.1) is 12.8 Å². The Labute approximate surface area is 104 Å². The molecule has 0 amide bonds. The van der Waals surface area contributed by atoms with Crippen LogP contribution in [0.2, 0.25) is 0 Å². The fourth-order valence-electron chi connectivity index (χ4n) is 2.60. The Bertz CT molecular complexity index is 432. The van der Waals surface area contributed by atoms with Gasteiger partial charge in [0.15, 0.2) is 0 Å². The van der Waals surface area contributed by atoms with Crippen molar-refractivity contribution in [2.75, 3.05) is 0 Å². The van der Waals surface area contributed by atoms with Crippen molar-refractivity contribution in [2.24, 2.45) is 5.92 Å². The van der Waals surface area contributed by atoms with E-state index in [2.05, 4.69) is 4.98 Å². The fourth-order valence-corrected chi connectivity index (χ4v) is 2.60. The van der Waals surface area contributed by atoms with E-state index in [-0.39, 0.29) is 12.8 Å². The molecule has 2 rings (SSSR count). The predicted molar refractivity (Wildman–Crippen MR) is 60.9 cm³/mol. The Morgan fingerprint density at radius 2 is 2.11 bits per heavy atom. The first kappa shape index (κ1) is 13.3. The largest absolute Gasteiger partial charge is 0.391 e. The summed E-state index contributed by atoms with van der Waals surface area (Å²) in [4.78, 5) is 3.95. The van der Waals surface area contributed by atoms with Gasteiger partial charge >= 0.3 is 6.18 Å². The minimum absolute atomic E-state index is 0.102. The molecular formula is C13H16F3NO. The number of aliphatic hydroxyl groups is 1. The summed E-state index contributed by atoms with van der Waals surface area (Å²) in [6.07, 6.45) is -0.555. The number of nitrogens with zero attached hydrogens (tertiary/aromatic N) is 1. The van der Waals surface area contributed by atoms with E-state index in [1.54, 1.807) is 12.3 Å². The lowest BCUT2D eigenvalue weighted by molar-refractivity contribution is -0.201. The van der Waals surface area contributed by atoms with Crippen molar-refractivity contribution in [1.82, 2.24) is 4.98 Å². The maximum absolute atomic E-state index is 12.8. The molecule has 0 aliphatic heterocycles. The summed E-state index contributed by atoms with van der Waals surface area (Å²) in [5.74, 6) is -1.42. The highest BCUT2D eigenvalue weighted by Gasteiger charge is 2.47. The Morgan fingerprint density at radius 3 is 2.72 bits per heavy atom. The molecule has 1 fully saturated rings. The number of aryl methyl sites for hydroxylation is 1. The predicted octanol–water partition coefficient (Wildman–Crippen LogP) is 3.33. The van der Waals surface area contributed by atoms with Gasteiger partial charge in [0.05, 0.1) is 11.5 Å². The van der Waals surface area contributed by atoms with Gasteiger partial charge in [-0.2, -0.15) is 13.2 Å². The van der Waals surface area contributed by atoms with E-state index in [4.69, 9.17) is 0 Å². The molecule has 1 aliphatic carbocycles. The van der Waals surface area contributed by atoms with E-state index in [0.717, 1.165) is 5.56 Å². The molecule has 18 heavy (non-hydrogen) atoms. The molecule has 1 saturated carbocycles. The lowest BCUT2D eigenvalue weighted by atomic mass is 9.74. The fraction of sp³-hybridized carbons (Fsp3) is 0.615. The van der Waals surface area contributed by atoms with E-state index >= 15 is 0 Å². The van der Waals surface area contributed by atoms with Gasteiger partial charge in [0.2, 0.25) is 0 Å². The Morgan fingerprint density at radius 1 is 1.39 bits per heavy atom. The van der Waals surface area contributed by atoms with Gasteiger partial charge < -0.3 is 5.11 Å². The quantitative estimate of drug-likeness (QED) is 0.839. The van der Waals surface area contributed by atoms with Gasteiger partial charge in [-0.05, 0) is 38.2 Å². The Kier molecular flexibility index (Phi) is 3.36. The van der Waals surface area contributed by atoms with Crippen LogP contribution < -0.4 is 0 Å². The molecule has 2 nitrogen and oxygen atoms in total. The van der Waals surface area contributed by atoms with Gasteiger partial charge in [0.25, 0.3) is 0 Å². The molecule has 0 radical (unpaired) electrons. The maximum Gasteiger partial charge on any atom is 0.391 e. The van der Waals surface area contributed by atoms with Crippen molar-refractivity contribution in [3.8, 4) is 0 Å². The van der Waals surface area contributed by atoms with Crippen molar-refractivity contribution in [3.63, 3.8) is 0 Å². The van der Waals surface area contributed by atoms with Crippen LogP contribution in [0.15, 0.2) is 18.5 Å². The first-order valence-electron chi connectivity index (χ1n) is 6.02. The zero-order valence-electron chi connectivity index (χ0n) is 10.2. The minimum Gasteiger partial charge on any atom is -0.385 e. The summed E-state index contributed by atoms with van der Waals surface area (Å²) >= 11 is 0. The SMILES string of the molecule is Cc1cncc(C2(O)CCCC(C(F)(F)F)C2)c1. The monoisotopic (exact) mass is 259 g/mol. The zero-order valence-corrected chi connectivity index (χ0v) is 10.2. The molecule has 5 heteroatoms. The molecular weight excluding hydrogens is 243 g/mol. The summed E-state index contributed by atoms with van der Waals surface area (Å²) in [5.41, 5.74) is -0.0521. The molecule has 1 aliphatic rings. The van der Waals surface area contributed by atoms with Crippen LogP contribution in [-0.2, 0) is 5.60 Å². The van der Waals surface area contributed by atoms with E-state index in [1.165, 1.54) is 6.20 Å². The van der Waals surface area contributed by atoms with Crippen LogP contribution in [0.4, 0.5) is 13.2 Å². The summed E-state index contributed by atoms with van der Waals surface area (Å²) in [5, 5.41) is 10.5. The van der Waals surface area contributed by atoms with Crippen LogP contribution in [0.3, 0.4) is 0 Å². The van der Waals surface area contributed by atoms with E-state index in [1.807, 2.05) is 6.92 Å². The maximum atomic E-state index is 12.8. The smallest absolute Gasteiger partial charge is 0.385 e. The second-order valence-corrected chi connectivity index (χ2v) is 5.12. The number of hydrogen-bond acceptors (Lipinski definition) is 2. The number of rotatable bonds is 1. The molecule has 1 aromatic rings. The second kappa shape index (κ2) is 4.53. The highest BCUT2D eigenvalue weighted by Crippen LogP contribution is 2.45. The van der Waals surface area contributed by atoms with Crippen molar-refractivity contribution >= 4 is 0 Å². The molecule has 0 spiro atoms. The Balaban J connectivity index is 2.25. The summed E-state index contributed by atoms with van der Waals surface area (Å²) in [6.45, 7) is 1.81. The lowest BCUT2D eigenvalue weighted by Crippen LogP contribution is -2.38. The third-order valence-corrected chi connectivity index (χ3v) is 3.60. The van der Waals surface area contributed by atoms with Crippen LogP contribution >= 0.6 is 0 Å². The van der Waals surface area contributed by atoms with Gasteiger partial charge in [-0.3, -0.25) is 4.98 Å². The van der Waals surface area contributed by atoms with Crippen LogP contribution in [0.5, 0.6) is 0 Å². The highest BCUT2D eigenvalue weighted by molar-refractivity contribution is 5.24. The van der Waals surface area contributed by atoms with Crippen molar-refractivity contribution in [2.45, 2.75) is 44.4 Å². The first-order chi connectivity index (χ1) is 8.31. The van der Waals surface area contributed by atoms with Gasteiger partial charge in [-0.15, -0.1) is 0 Å². The third-order valence-electron chi connectivity index (χ3n) is 3.60. The van der Waals surface area contributed by atoms with Gasteiger partial charge in [-0.25, -0.2) is 0 Å². The number of pyridine rings is 1. The van der Waals surface area contributed by atoms with Gasteiger partial charge in [0.1, 0.15) is 0 Å². The molecule has 2 atom stereocenters. The van der Waals surface area contributed by atoms with Crippen molar-refractivity contribution < 1.29 is 18.3 Å². The summed E-state index contributed by atoms with van der Waals surface area (Å²) in [6, 6.07) is 1.71. The first-order valence-corrected chi connectivity index (χ1v) is 6.02. The Hall–Kier alpha value is -1.10. The lowest BCUT2D eigenvalue weighted by Gasteiger charge is -2.37. The van der Waals surface area contributed by atoms with Crippen molar-refractivity contribution in [3.05, 3.63) is 29.6 Å². The molecule has 0 aromatic carbocycles. The molecule has 1 heterocycles.